The third-order valence-corrected chi connectivity index (χ3v) is 3.58. The molecule has 5 nitrogen and oxygen atoms in total. The summed E-state index contributed by atoms with van der Waals surface area (Å²) in [6.45, 7) is 2.81. The van der Waals surface area contributed by atoms with Crippen LogP contribution < -0.4 is 20.1 Å². The number of guanidine groups is 1. The van der Waals surface area contributed by atoms with Crippen molar-refractivity contribution in [3.8, 4) is 11.5 Å². The number of methoxy groups -OCH3 is 2. The molecule has 0 spiro atoms. The zero-order valence-corrected chi connectivity index (χ0v) is 16.8. The van der Waals surface area contributed by atoms with Crippen molar-refractivity contribution in [1.82, 2.24) is 5.32 Å². The maximum Gasteiger partial charge on any atom is 0.195 e. The number of aliphatic imine (C=N–C) groups is 1. The maximum atomic E-state index is 5.31. The molecule has 0 aliphatic rings. The Morgan fingerprint density at radius 2 is 1.75 bits per heavy atom. The molecule has 0 bridgehead atoms. The molecule has 24 heavy (non-hydrogen) atoms. The number of nitrogens with zero attached hydrogens (tertiary/aromatic N) is 1. The second kappa shape index (κ2) is 10.0. The summed E-state index contributed by atoms with van der Waals surface area (Å²) >= 11 is 0. The summed E-state index contributed by atoms with van der Waals surface area (Å²) in [7, 11) is 4.98. The monoisotopic (exact) mass is 441 g/mol. The summed E-state index contributed by atoms with van der Waals surface area (Å²) in [6.07, 6.45) is 0. The first-order valence-electron chi connectivity index (χ1n) is 7.42. The third kappa shape index (κ3) is 5.30. The molecule has 0 saturated heterocycles. The van der Waals surface area contributed by atoms with Crippen molar-refractivity contribution in [2.24, 2.45) is 4.99 Å². The number of aryl methyl sites for hydroxylation is 1. The molecule has 0 unspecified atom stereocenters. The van der Waals surface area contributed by atoms with Crippen LogP contribution in [0, 0.1) is 6.92 Å². The molecule has 2 rings (SSSR count). The summed E-state index contributed by atoms with van der Waals surface area (Å²) in [5.41, 5.74) is 3.37. The fourth-order valence-corrected chi connectivity index (χ4v) is 2.22. The van der Waals surface area contributed by atoms with E-state index in [2.05, 4.69) is 34.7 Å². The molecule has 0 aromatic heterocycles. The normalized spacial score (nSPS) is 10.6. The molecular formula is C18H24IN3O2. The number of rotatable bonds is 5. The van der Waals surface area contributed by atoms with Crippen LogP contribution in [0.15, 0.2) is 47.5 Å². The van der Waals surface area contributed by atoms with Gasteiger partial charge in [-0.05, 0) is 30.2 Å². The van der Waals surface area contributed by atoms with Crippen molar-refractivity contribution < 1.29 is 9.47 Å². The molecule has 0 saturated carbocycles. The lowest BCUT2D eigenvalue weighted by molar-refractivity contribution is 0.355. The molecule has 2 aromatic rings. The first kappa shape index (κ1) is 20.1. The lowest BCUT2D eigenvalue weighted by atomic mass is 10.1. The van der Waals surface area contributed by atoms with Gasteiger partial charge in [0.25, 0.3) is 0 Å². The molecule has 0 heterocycles. The smallest absolute Gasteiger partial charge is 0.195 e. The van der Waals surface area contributed by atoms with Gasteiger partial charge in [0, 0.05) is 25.3 Å². The molecule has 2 N–H and O–H groups in total. The van der Waals surface area contributed by atoms with Crippen molar-refractivity contribution in [3.63, 3.8) is 0 Å². The van der Waals surface area contributed by atoms with E-state index in [-0.39, 0.29) is 24.0 Å². The van der Waals surface area contributed by atoms with Crippen LogP contribution in [-0.2, 0) is 6.54 Å². The maximum absolute atomic E-state index is 5.31. The summed E-state index contributed by atoms with van der Waals surface area (Å²) in [4.78, 5) is 4.25. The Kier molecular flexibility index (Phi) is 8.39. The van der Waals surface area contributed by atoms with Gasteiger partial charge in [-0.25, -0.2) is 0 Å². The van der Waals surface area contributed by atoms with Gasteiger partial charge in [0.1, 0.15) is 0 Å². The van der Waals surface area contributed by atoms with E-state index in [1.54, 1.807) is 21.3 Å². The van der Waals surface area contributed by atoms with Crippen LogP contribution >= 0.6 is 24.0 Å². The summed E-state index contributed by atoms with van der Waals surface area (Å²) in [5, 5.41) is 6.56. The largest absolute Gasteiger partial charge is 0.493 e. The molecule has 0 fully saturated rings. The molecule has 0 atom stereocenters. The van der Waals surface area contributed by atoms with Crippen LogP contribution in [0.4, 0.5) is 5.69 Å². The second-order valence-electron chi connectivity index (χ2n) is 5.05. The molecule has 6 heteroatoms. The van der Waals surface area contributed by atoms with Gasteiger partial charge in [-0.3, -0.25) is 4.99 Å². The van der Waals surface area contributed by atoms with Crippen LogP contribution in [0.25, 0.3) is 0 Å². The van der Waals surface area contributed by atoms with Gasteiger partial charge in [0.2, 0.25) is 0 Å². The summed E-state index contributed by atoms with van der Waals surface area (Å²) < 4.78 is 10.6. The van der Waals surface area contributed by atoms with Gasteiger partial charge in [-0.15, -0.1) is 24.0 Å². The summed E-state index contributed by atoms with van der Waals surface area (Å²) in [6, 6.07) is 13.9. The topological polar surface area (TPSA) is 54.9 Å². The molecule has 0 aliphatic heterocycles. The van der Waals surface area contributed by atoms with Gasteiger partial charge < -0.3 is 20.1 Å². The first-order chi connectivity index (χ1) is 11.2. The highest BCUT2D eigenvalue weighted by molar-refractivity contribution is 14.0. The molecular weight excluding hydrogens is 417 g/mol. The fraction of sp³-hybridized carbons (Fsp3) is 0.278. The quantitative estimate of drug-likeness (QED) is 0.421. The summed E-state index contributed by atoms with van der Waals surface area (Å²) in [5.74, 6) is 2.06. The first-order valence-corrected chi connectivity index (χ1v) is 7.42. The Bertz CT molecular complexity index is 690. The van der Waals surface area contributed by atoms with E-state index >= 15 is 0 Å². The number of anilines is 1. The van der Waals surface area contributed by atoms with E-state index in [4.69, 9.17) is 9.47 Å². The van der Waals surface area contributed by atoms with Crippen molar-refractivity contribution >= 4 is 35.6 Å². The van der Waals surface area contributed by atoms with Crippen LogP contribution in [0.2, 0.25) is 0 Å². The zero-order chi connectivity index (χ0) is 16.7. The molecule has 0 radical (unpaired) electrons. The van der Waals surface area contributed by atoms with E-state index in [0.717, 1.165) is 5.69 Å². The van der Waals surface area contributed by atoms with Crippen LogP contribution in [0.3, 0.4) is 0 Å². The lowest BCUT2D eigenvalue weighted by Crippen LogP contribution is -2.30. The molecule has 2 aromatic carbocycles. The van der Waals surface area contributed by atoms with Crippen molar-refractivity contribution in [3.05, 3.63) is 53.6 Å². The highest BCUT2D eigenvalue weighted by Gasteiger charge is 2.06. The molecule has 130 valence electrons. The molecule has 0 amide bonds. The predicted molar refractivity (Wildman–Crippen MR) is 110 cm³/mol. The SMILES string of the molecule is CN=C(NCc1ccccc1C)Nc1ccc(OC)c(OC)c1.I. The number of ether oxygens (including phenoxy) is 2. The molecule has 0 aliphatic carbocycles. The van der Waals surface area contributed by atoms with E-state index in [1.165, 1.54) is 11.1 Å². The van der Waals surface area contributed by atoms with Crippen molar-refractivity contribution in [2.45, 2.75) is 13.5 Å². The van der Waals surface area contributed by atoms with Crippen LogP contribution in [-0.4, -0.2) is 27.2 Å². The Hall–Kier alpha value is -1.96. The number of hydrogen-bond acceptors (Lipinski definition) is 3. The average molecular weight is 441 g/mol. The standard InChI is InChI=1S/C18H23N3O2.HI/c1-13-7-5-6-8-14(13)12-20-18(19-2)21-15-9-10-16(22-3)17(11-15)23-4;/h5-11H,12H2,1-4H3,(H2,19,20,21);1H. The van der Waals surface area contributed by atoms with Gasteiger partial charge in [-0.1, -0.05) is 24.3 Å². The highest BCUT2D eigenvalue weighted by Crippen LogP contribution is 2.29. The van der Waals surface area contributed by atoms with Gasteiger partial charge in [-0.2, -0.15) is 0 Å². The number of hydrogen-bond donors (Lipinski definition) is 2. The fourth-order valence-electron chi connectivity index (χ4n) is 2.22. The second-order valence-corrected chi connectivity index (χ2v) is 5.05. The number of benzene rings is 2. The van der Waals surface area contributed by atoms with Gasteiger partial charge in [0.15, 0.2) is 17.5 Å². The van der Waals surface area contributed by atoms with Crippen molar-refractivity contribution in [2.75, 3.05) is 26.6 Å². The Morgan fingerprint density at radius 1 is 1.04 bits per heavy atom. The third-order valence-electron chi connectivity index (χ3n) is 3.58. The van der Waals surface area contributed by atoms with E-state index in [0.29, 0.717) is 24.0 Å². The minimum Gasteiger partial charge on any atom is -0.493 e. The van der Waals surface area contributed by atoms with E-state index in [9.17, 15) is 0 Å². The zero-order valence-electron chi connectivity index (χ0n) is 14.4. The highest BCUT2D eigenvalue weighted by atomic mass is 127. The predicted octanol–water partition coefficient (Wildman–Crippen LogP) is 3.82. The minimum absolute atomic E-state index is 0. The van der Waals surface area contributed by atoms with Crippen LogP contribution in [0.1, 0.15) is 11.1 Å². The Labute approximate surface area is 160 Å². The Balaban J connectivity index is 0.00000288. The number of halogens is 1. The average Bonchev–Trinajstić information content (AvgIpc) is 2.59. The van der Waals surface area contributed by atoms with Crippen LogP contribution in [0.5, 0.6) is 11.5 Å². The van der Waals surface area contributed by atoms with E-state index in [1.807, 2.05) is 30.3 Å². The lowest BCUT2D eigenvalue weighted by Gasteiger charge is -2.14. The van der Waals surface area contributed by atoms with Crippen molar-refractivity contribution in [1.29, 1.82) is 0 Å². The van der Waals surface area contributed by atoms with Gasteiger partial charge >= 0.3 is 0 Å². The van der Waals surface area contributed by atoms with E-state index < -0.39 is 0 Å². The minimum atomic E-state index is 0. The van der Waals surface area contributed by atoms with Gasteiger partial charge in [0.05, 0.1) is 14.2 Å². The number of nitrogens with one attached hydrogen (secondary N) is 2. The Morgan fingerprint density at radius 3 is 2.38 bits per heavy atom.